The predicted molar refractivity (Wildman–Crippen MR) is 86.4 cm³/mol. The fourth-order valence-electron chi connectivity index (χ4n) is 2.50. The first kappa shape index (κ1) is 14.8. The molecule has 6 heteroatoms. The van der Waals surface area contributed by atoms with Crippen molar-refractivity contribution in [3.8, 4) is 5.75 Å². The molecule has 5 nitrogen and oxygen atoms in total. The number of carbonyl (C=O) groups is 1. The van der Waals surface area contributed by atoms with Crippen molar-refractivity contribution in [2.75, 3.05) is 6.61 Å². The lowest BCUT2D eigenvalue weighted by Crippen LogP contribution is -2.38. The second-order valence-electron chi connectivity index (χ2n) is 5.48. The molecule has 2 aromatic rings. The maximum atomic E-state index is 12.0. The maximum Gasteiger partial charge on any atom is 0.315 e. The van der Waals surface area contributed by atoms with Gasteiger partial charge in [0.15, 0.2) is 0 Å². The van der Waals surface area contributed by atoms with E-state index < -0.39 is 0 Å². The van der Waals surface area contributed by atoms with Crippen LogP contribution in [0.3, 0.4) is 0 Å². The second kappa shape index (κ2) is 5.96. The fourth-order valence-corrected chi connectivity index (χ4v) is 3.23. The molecule has 2 heterocycles. The van der Waals surface area contributed by atoms with Gasteiger partial charge >= 0.3 is 6.03 Å². The quantitative estimate of drug-likeness (QED) is 0.915. The van der Waals surface area contributed by atoms with E-state index in [0.29, 0.717) is 13.2 Å². The number of amides is 2. The van der Waals surface area contributed by atoms with Crippen LogP contribution in [0.15, 0.2) is 18.3 Å². The van der Waals surface area contributed by atoms with Crippen molar-refractivity contribution < 1.29 is 9.53 Å². The second-order valence-corrected chi connectivity index (χ2v) is 6.80. The first-order valence-corrected chi connectivity index (χ1v) is 8.05. The zero-order valence-corrected chi connectivity index (χ0v) is 13.7. The Morgan fingerprint density at radius 2 is 2.23 bits per heavy atom. The van der Waals surface area contributed by atoms with E-state index in [0.717, 1.165) is 26.8 Å². The number of rotatable bonds is 3. The fraction of sp³-hybridized carbons (Fsp3) is 0.375. The van der Waals surface area contributed by atoms with Crippen molar-refractivity contribution in [1.82, 2.24) is 15.6 Å². The molecule has 0 bridgehead atoms. The van der Waals surface area contributed by atoms with E-state index in [1.807, 2.05) is 26.1 Å². The van der Waals surface area contributed by atoms with Crippen LogP contribution in [-0.2, 0) is 6.54 Å². The van der Waals surface area contributed by atoms with E-state index in [1.54, 1.807) is 11.3 Å². The highest BCUT2D eigenvalue weighted by molar-refractivity contribution is 7.11. The molecular formula is C16H19N3O2S. The average molecular weight is 317 g/mol. The van der Waals surface area contributed by atoms with Gasteiger partial charge in [-0.3, -0.25) is 0 Å². The van der Waals surface area contributed by atoms with E-state index >= 15 is 0 Å². The van der Waals surface area contributed by atoms with Crippen molar-refractivity contribution in [2.45, 2.75) is 33.4 Å². The Hall–Kier alpha value is -2.08. The van der Waals surface area contributed by atoms with E-state index in [-0.39, 0.29) is 12.1 Å². The number of hydrogen-bond acceptors (Lipinski definition) is 4. The van der Waals surface area contributed by atoms with Gasteiger partial charge in [-0.15, -0.1) is 11.3 Å². The molecule has 22 heavy (non-hydrogen) atoms. The molecular weight excluding hydrogens is 298 g/mol. The Morgan fingerprint density at radius 3 is 2.95 bits per heavy atom. The summed E-state index contributed by atoms with van der Waals surface area (Å²) in [5.41, 5.74) is 3.38. The molecule has 0 saturated carbocycles. The Bertz CT molecular complexity index is 711. The number of nitrogens with zero attached hydrogens (tertiary/aromatic N) is 1. The third-order valence-corrected chi connectivity index (χ3v) is 4.76. The van der Waals surface area contributed by atoms with Crippen LogP contribution < -0.4 is 15.4 Å². The zero-order chi connectivity index (χ0) is 15.7. The SMILES string of the molecule is Cc1cnc(CNC(=O)N[C@H]2COc3c2ccc(C)c3C)s1. The Morgan fingerprint density at radius 1 is 1.41 bits per heavy atom. The molecule has 0 aliphatic carbocycles. The lowest BCUT2D eigenvalue weighted by atomic mass is 10.0. The maximum absolute atomic E-state index is 12.0. The molecule has 0 unspecified atom stereocenters. The van der Waals surface area contributed by atoms with Crippen LogP contribution in [0.2, 0.25) is 0 Å². The monoisotopic (exact) mass is 317 g/mol. The van der Waals surface area contributed by atoms with Crippen LogP contribution in [0, 0.1) is 20.8 Å². The molecule has 1 aliphatic heterocycles. The van der Waals surface area contributed by atoms with Gasteiger partial charge in [0.2, 0.25) is 0 Å². The molecule has 1 aromatic carbocycles. The minimum atomic E-state index is -0.201. The lowest BCUT2D eigenvalue weighted by Gasteiger charge is -2.13. The number of benzene rings is 1. The number of urea groups is 1. The van der Waals surface area contributed by atoms with E-state index in [9.17, 15) is 4.79 Å². The highest BCUT2D eigenvalue weighted by Crippen LogP contribution is 2.36. The van der Waals surface area contributed by atoms with Crippen molar-refractivity contribution >= 4 is 17.4 Å². The summed E-state index contributed by atoms with van der Waals surface area (Å²) < 4.78 is 5.74. The molecule has 2 amide bonds. The summed E-state index contributed by atoms with van der Waals surface area (Å²) in [5, 5.41) is 6.70. The average Bonchev–Trinajstić information content (AvgIpc) is 3.08. The highest BCUT2D eigenvalue weighted by Gasteiger charge is 2.27. The van der Waals surface area contributed by atoms with E-state index in [1.165, 1.54) is 5.56 Å². The Kier molecular flexibility index (Phi) is 4.02. The van der Waals surface area contributed by atoms with Gasteiger partial charge in [-0.2, -0.15) is 0 Å². The van der Waals surface area contributed by atoms with Crippen LogP contribution in [-0.4, -0.2) is 17.6 Å². The lowest BCUT2D eigenvalue weighted by molar-refractivity contribution is 0.231. The van der Waals surface area contributed by atoms with Gasteiger partial charge in [0.1, 0.15) is 17.4 Å². The van der Waals surface area contributed by atoms with E-state index in [4.69, 9.17) is 4.74 Å². The number of nitrogens with one attached hydrogen (secondary N) is 2. The number of fused-ring (bicyclic) bond motifs is 1. The summed E-state index contributed by atoms with van der Waals surface area (Å²) >= 11 is 1.59. The number of aryl methyl sites for hydroxylation is 2. The molecule has 0 fully saturated rings. The van der Waals surface area contributed by atoms with Crippen LogP contribution in [0.5, 0.6) is 5.75 Å². The molecule has 3 rings (SSSR count). The van der Waals surface area contributed by atoms with Gasteiger partial charge in [0, 0.05) is 16.6 Å². The number of ether oxygens (including phenoxy) is 1. The van der Waals surface area contributed by atoms with E-state index in [2.05, 4.69) is 28.6 Å². The van der Waals surface area contributed by atoms with Crippen LogP contribution in [0.1, 0.15) is 32.6 Å². The number of hydrogen-bond donors (Lipinski definition) is 2. The summed E-state index contributed by atoms with van der Waals surface area (Å²) in [6.07, 6.45) is 1.81. The van der Waals surface area contributed by atoms with Crippen LogP contribution in [0.25, 0.3) is 0 Å². The summed E-state index contributed by atoms with van der Waals surface area (Å²) in [6, 6.07) is 3.79. The van der Waals surface area contributed by atoms with Gasteiger partial charge in [0.25, 0.3) is 0 Å². The summed E-state index contributed by atoms with van der Waals surface area (Å²) in [6.45, 7) is 7.02. The van der Waals surface area contributed by atoms with Crippen molar-refractivity contribution in [1.29, 1.82) is 0 Å². The summed E-state index contributed by atoms with van der Waals surface area (Å²) in [4.78, 5) is 17.4. The third-order valence-electron chi connectivity index (χ3n) is 3.85. The first-order chi connectivity index (χ1) is 10.5. The molecule has 2 N–H and O–H groups in total. The minimum Gasteiger partial charge on any atom is -0.490 e. The Balaban J connectivity index is 1.61. The Labute approximate surface area is 133 Å². The van der Waals surface area contributed by atoms with Gasteiger partial charge in [-0.1, -0.05) is 12.1 Å². The molecule has 0 spiro atoms. The minimum absolute atomic E-state index is 0.104. The predicted octanol–water partition coefficient (Wildman–Crippen LogP) is 3.00. The molecule has 0 radical (unpaired) electrons. The van der Waals surface area contributed by atoms with Gasteiger partial charge in [-0.25, -0.2) is 9.78 Å². The summed E-state index contributed by atoms with van der Waals surface area (Å²) in [7, 11) is 0. The van der Waals surface area contributed by atoms with Gasteiger partial charge in [-0.05, 0) is 31.9 Å². The standard InChI is InChI=1S/C16H19N3O2S/c1-9-4-5-12-13(8-21-15(12)11(9)3)19-16(20)18-7-14-17-6-10(2)22-14/h4-6,13H,7-8H2,1-3H3,(H2,18,19,20)/t13-/m0/s1. The van der Waals surface area contributed by atoms with Crippen molar-refractivity contribution in [3.63, 3.8) is 0 Å². The van der Waals surface area contributed by atoms with Crippen molar-refractivity contribution in [3.05, 3.63) is 44.9 Å². The van der Waals surface area contributed by atoms with Crippen LogP contribution >= 0.6 is 11.3 Å². The highest BCUT2D eigenvalue weighted by atomic mass is 32.1. The number of carbonyl (C=O) groups excluding carboxylic acids is 1. The third kappa shape index (κ3) is 2.92. The molecule has 1 aromatic heterocycles. The smallest absolute Gasteiger partial charge is 0.315 e. The number of aromatic nitrogens is 1. The zero-order valence-electron chi connectivity index (χ0n) is 12.9. The largest absolute Gasteiger partial charge is 0.490 e. The molecule has 1 atom stereocenters. The molecule has 1 aliphatic rings. The van der Waals surface area contributed by atoms with Gasteiger partial charge in [0.05, 0.1) is 12.6 Å². The topological polar surface area (TPSA) is 63.2 Å². The molecule has 116 valence electrons. The van der Waals surface area contributed by atoms with Gasteiger partial charge < -0.3 is 15.4 Å². The summed E-state index contributed by atoms with van der Waals surface area (Å²) in [5.74, 6) is 0.904. The molecule has 0 saturated heterocycles. The van der Waals surface area contributed by atoms with Crippen molar-refractivity contribution in [2.24, 2.45) is 0 Å². The number of thiazole rings is 1. The normalized spacial score (nSPS) is 16.0. The first-order valence-electron chi connectivity index (χ1n) is 7.23. The van der Waals surface area contributed by atoms with Crippen LogP contribution in [0.4, 0.5) is 4.79 Å².